The van der Waals surface area contributed by atoms with Crippen molar-refractivity contribution in [3.8, 4) is 0 Å². The molecule has 0 amide bonds. The van der Waals surface area contributed by atoms with Gasteiger partial charge in [-0.2, -0.15) is 0 Å². The second-order valence-corrected chi connectivity index (χ2v) is 6.17. The summed E-state index contributed by atoms with van der Waals surface area (Å²) in [6.07, 6.45) is 8.27. The Morgan fingerprint density at radius 1 is 1.12 bits per heavy atom. The molecule has 0 radical (unpaired) electrons. The van der Waals surface area contributed by atoms with Gasteiger partial charge in [-0.25, -0.2) is 0 Å². The largest absolute Gasteiger partial charge is 0.0950 e. The third-order valence-electron chi connectivity index (χ3n) is 5.19. The summed E-state index contributed by atoms with van der Waals surface area (Å²) in [4.78, 5) is 0. The van der Waals surface area contributed by atoms with E-state index in [4.69, 9.17) is 0 Å². The maximum atomic E-state index is 4.30. The Hall–Kier alpha value is -0.780. The van der Waals surface area contributed by atoms with Gasteiger partial charge in [-0.1, -0.05) is 71.9 Å². The van der Waals surface area contributed by atoms with Crippen molar-refractivity contribution >= 4 is 0 Å². The first-order chi connectivity index (χ1) is 7.75. The van der Waals surface area contributed by atoms with E-state index in [0.29, 0.717) is 0 Å². The van der Waals surface area contributed by atoms with E-state index in [-0.39, 0.29) is 16.2 Å². The lowest BCUT2D eigenvalue weighted by Crippen LogP contribution is -2.46. The van der Waals surface area contributed by atoms with Crippen molar-refractivity contribution in [3.63, 3.8) is 0 Å². The number of allylic oxidation sites excluding steroid dienone is 5. The topological polar surface area (TPSA) is 0 Å². The van der Waals surface area contributed by atoms with E-state index in [1.54, 1.807) is 0 Å². The molecule has 2 rings (SSSR count). The molecule has 2 aliphatic carbocycles. The van der Waals surface area contributed by atoms with Gasteiger partial charge in [0.15, 0.2) is 0 Å². The van der Waals surface area contributed by atoms with Crippen LogP contribution in [0.3, 0.4) is 0 Å². The second kappa shape index (κ2) is 4.15. The summed E-state index contributed by atoms with van der Waals surface area (Å²) in [6.45, 7) is 19.9. The maximum absolute atomic E-state index is 4.30. The summed E-state index contributed by atoms with van der Waals surface area (Å²) >= 11 is 0. The number of hydrogen-bond donors (Lipinski definition) is 0. The molecule has 0 nitrogen and oxygen atoms in total. The van der Waals surface area contributed by atoms with Crippen molar-refractivity contribution < 1.29 is 0 Å². The Morgan fingerprint density at radius 2 is 1.65 bits per heavy atom. The number of rotatable bonds is 0. The highest BCUT2D eigenvalue weighted by atomic mass is 14.6. The average Bonchev–Trinajstić information content (AvgIpc) is 2.44. The highest BCUT2D eigenvalue weighted by molar-refractivity contribution is 5.47. The Morgan fingerprint density at radius 3 is 2.12 bits per heavy atom. The minimum Gasteiger partial charge on any atom is -0.0950 e. The third kappa shape index (κ3) is 1.64. The Labute approximate surface area is 108 Å². The Balaban J connectivity index is 0.000000686. The molecule has 0 aromatic heterocycles. The van der Waals surface area contributed by atoms with Crippen molar-refractivity contribution in [2.24, 2.45) is 16.2 Å². The van der Waals surface area contributed by atoms with E-state index < -0.39 is 0 Å². The first-order valence-corrected chi connectivity index (χ1v) is 6.81. The zero-order valence-corrected chi connectivity index (χ0v) is 12.6. The summed E-state index contributed by atoms with van der Waals surface area (Å²) in [5.41, 5.74) is 3.38. The van der Waals surface area contributed by atoms with Gasteiger partial charge in [0.25, 0.3) is 0 Å². The van der Waals surface area contributed by atoms with E-state index in [0.717, 1.165) is 6.42 Å². The molecule has 0 aromatic rings. The molecule has 2 atom stereocenters. The molecular formula is C17H28. The van der Waals surface area contributed by atoms with Gasteiger partial charge < -0.3 is 0 Å². The van der Waals surface area contributed by atoms with Crippen LogP contribution >= 0.6 is 0 Å². The summed E-state index contributed by atoms with van der Waals surface area (Å²) in [7, 11) is 0. The van der Waals surface area contributed by atoms with Crippen LogP contribution in [0.1, 0.15) is 54.9 Å². The third-order valence-corrected chi connectivity index (χ3v) is 5.19. The van der Waals surface area contributed by atoms with E-state index in [2.05, 4.69) is 59.4 Å². The Bertz CT molecular complexity index is 381. The monoisotopic (exact) mass is 232 g/mol. The highest BCUT2D eigenvalue weighted by Crippen LogP contribution is 2.65. The Kier molecular flexibility index (Phi) is 3.49. The lowest BCUT2D eigenvalue weighted by Gasteiger charge is -2.53. The molecule has 0 N–H and O–H groups in total. The smallest absolute Gasteiger partial charge is 0.00523 e. The molecule has 17 heavy (non-hydrogen) atoms. The fourth-order valence-corrected chi connectivity index (χ4v) is 3.42. The molecule has 0 bridgehead atoms. The molecule has 0 saturated carbocycles. The lowest BCUT2D eigenvalue weighted by molar-refractivity contribution is 0.0604. The van der Waals surface area contributed by atoms with Crippen LogP contribution < -0.4 is 0 Å². The molecule has 2 unspecified atom stereocenters. The molecule has 0 spiro atoms. The van der Waals surface area contributed by atoms with Crippen molar-refractivity contribution in [1.82, 2.24) is 0 Å². The molecule has 2 aliphatic rings. The lowest BCUT2D eigenvalue weighted by atomic mass is 9.50. The first kappa shape index (κ1) is 14.3. The van der Waals surface area contributed by atoms with Crippen LogP contribution in [0.25, 0.3) is 0 Å². The normalized spacial score (nSPS) is 38.1. The van der Waals surface area contributed by atoms with Gasteiger partial charge in [0.1, 0.15) is 0 Å². The van der Waals surface area contributed by atoms with Crippen molar-refractivity contribution in [2.75, 3.05) is 0 Å². The molecule has 0 heterocycles. The first-order valence-electron chi connectivity index (χ1n) is 6.81. The molecular weight excluding hydrogens is 204 g/mol. The summed E-state index contributed by atoms with van der Waals surface area (Å²) in [5, 5.41) is 0. The average molecular weight is 232 g/mol. The van der Waals surface area contributed by atoms with Crippen molar-refractivity contribution in [2.45, 2.75) is 54.9 Å². The summed E-state index contributed by atoms with van der Waals surface area (Å²) < 4.78 is 0. The quantitative estimate of drug-likeness (QED) is 0.482. The molecule has 0 aromatic carbocycles. The van der Waals surface area contributed by atoms with Crippen LogP contribution in [0.4, 0.5) is 0 Å². The molecule has 0 saturated heterocycles. The van der Waals surface area contributed by atoms with E-state index in [1.807, 2.05) is 13.8 Å². The summed E-state index contributed by atoms with van der Waals surface area (Å²) in [5.74, 6) is 0. The molecule has 0 aliphatic heterocycles. The number of hydrogen-bond acceptors (Lipinski definition) is 0. The van der Waals surface area contributed by atoms with Crippen LogP contribution in [0, 0.1) is 16.2 Å². The van der Waals surface area contributed by atoms with Gasteiger partial charge in [0.2, 0.25) is 0 Å². The minimum atomic E-state index is 0.218. The van der Waals surface area contributed by atoms with Crippen LogP contribution in [-0.2, 0) is 0 Å². The van der Waals surface area contributed by atoms with E-state index in [1.165, 1.54) is 11.1 Å². The zero-order valence-electron chi connectivity index (χ0n) is 12.6. The van der Waals surface area contributed by atoms with Gasteiger partial charge in [0, 0.05) is 10.8 Å². The fourth-order valence-electron chi connectivity index (χ4n) is 3.42. The van der Waals surface area contributed by atoms with E-state index >= 15 is 0 Å². The SMILES string of the molecule is C=C1C(C)=CC2(C)C(C)(C)C=CCC12C.CC. The van der Waals surface area contributed by atoms with Crippen LogP contribution in [0.2, 0.25) is 0 Å². The zero-order chi connectivity index (χ0) is 13.5. The van der Waals surface area contributed by atoms with Crippen LogP contribution in [-0.4, -0.2) is 0 Å². The second-order valence-electron chi connectivity index (χ2n) is 6.17. The standard InChI is InChI=1S/C15H22.C2H6/c1-11-10-15(6)13(3,4)8-7-9-14(15,5)12(11)2;1-2/h7-8,10H,2,9H2,1,3-6H3;1-2H3. The van der Waals surface area contributed by atoms with Crippen molar-refractivity contribution in [3.05, 3.63) is 36.0 Å². The predicted octanol–water partition coefficient (Wildman–Crippen LogP) is 5.53. The molecule has 0 heteroatoms. The van der Waals surface area contributed by atoms with Gasteiger partial charge in [-0.05, 0) is 24.3 Å². The molecule has 0 fully saturated rings. The fraction of sp³-hybridized carbons (Fsp3) is 0.647. The minimum absolute atomic E-state index is 0.218. The molecule has 96 valence electrons. The van der Waals surface area contributed by atoms with Gasteiger partial charge >= 0.3 is 0 Å². The van der Waals surface area contributed by atoms with E-state index in [9.17, 15) is 0 Å². The van der Waals surface area contributed by atoms with Crippen molar-refractivity contribution in [1.29, 1.82) is 0 Å². The maximum Gasteiger partial charge on any atom is 0.00523 e. The number of fused-ring (bicyclic) bond motifs is 1. The van der Waals surface area contributed by atoms with Gasteiger partial charge in [-0.15, -0.1) is 0 Å². The van der Waals surface area contributed by atoms with Gasteiger partial charge in [-0.3, -0.25) is 0 Å². The van der Waals surface area contributed by atoms with Gasteiger partial charge in [0.05, 0.1) is 0 Å². The highest BCUT2D eigenvalue weighted by Gasteiger charge is 2.57. The van der Waals surface area contributed by atoms with Crippen LogP contribution in [0.5, 0.6) is 0 Å². The predicted molar refractivity (Wildman–Crippen MR) is 78.0 cm³/mol. The van der Waals surface area contributed by atoms with Crippen LogP contribution in [0.15, 0.2) is 36.0 Å². The summed E-state index contributed by atoms with van der Waals surface area (Å²) in [6, 6.07) is 0.